The molecular weight excluding hydrogens is 352 g/mol. The van der Waals surface area contributed by atoms with Crippen molar-refractivity contribution in [2.45, 2.75) is 32.2 Å². The molecule has 8 nitrogen and oxygen atoms in total. The molecule has 0 unspecified atom stereocenters. The van der Waals surface area contributed by atoms with E-state index in [9.17, 15) is 9.59 Å². The van der Waals surface area contributed by atoms with Crippen LogP contribution in [-0.4, -0.2) is 48.7 Å². The number of aromatic nitrogens is 4. The van der Waals surface area contributed by atoms with Crippen molar-refractivity contribution in [3.05, 3.63) is 41.2 Å². The predicted octanol–water partition coefficient (Wildman–Crippen LogP) is 1.41. The zero-order valence-corrected chi connectivity index (χ0v) is 15.3. The smallest absolute Gasteiger partial charge is 0.272 e. The predicted molar refractivity (Wildman–Crippen MR) is 97.1 cm³/mol. The topological polar surface area (TPSA) is 98.5 Å². The highest BCUT2D eigenvalue weighted by Gasteiger charge is 2.30. The molecule has 3 aromatic rings. The monoisotopic (exact) mass is 372 g/mol. The van der Waals surface area contributed by atoms with Gasteiger partial charge in [-0.05, 0) is 19.8 Å². The van der Waals surface area contributed by atoms with E-state index >= 15 is 0 Å². The number of hydrogen-bond acceptors (Lipinski definition) is 5. The Kier molecular flexibility index (Phi) is 4.23. The number of aryl methyl sites for hydroxylation is 1. The van der Waals surface area contributed by atoms with Gasteiger partial charge in [0.25, 0.3) is 5.91 Å². The van der Waals surface area contributed by atoms with Crippen molar-refractivity contribution < 1.29 is 9.59 Å². The Morgan fingerprint density at radius 1 is 1.38 bits per heavy atom. The van der Waals surface area contributed by atoms with Gasteiger partial charge in [-0.2, -0.15) is 0 Å². The van der Waals surface area contributed by atoms with Gasteiger partial charge in [0.2, 0.25) is 5.91 Å². The van der Waals surface area contributed by atoms with Gasteiger partial charge in [0, 0.05) is 43.0 Å². The Hall–Kier alpha value is -2.68. The average Bonchev–Trinajstić information content (AvgIpc) is 3.30. The molecule has 0 bridgehead atoms. The van der Waals surface area contributed by atoms with Crippen LogP contribution in [0.1, 0.15) is 40.8 Å². The van der Waals surface area contributed by atoms with Crippen LogP contribution in [0.25, 0.3) is 4.96 Å². The number of nitrogens with zero attached hydrogens (tertiary/aromatic N) is 5. The molecule has 0 aliphatic carbocycles. The summed E-state index contributed by atoms with van der Waals surface area (Å²) < 4.78 is 3.64. The Morgan fingerprint density at radius 3 is 3.04 bits per heavy atom. The number of imidazole rings is 2. The number of amides is 2. The van der Waals surface area contributed by atoms with Gasteiger partial charge in [-0.25, -0.2) is 9.97 Å². The lowest BCUT2D eigenvalue weighted by Crippen LogP contribution is -2.40. The maximum absolute atomic E-state index is 13.1. The Labute approximate surface area is 154 Å². The lowest BCUT2D eigenvalue weighted by Gasteiger charge is -2.32. The average molecular weight is 372 g/mol. The van der Waals surface area contributed by atoms with Crippen molar-refractivity contribution >= 4 is 28.1 Å². The van der Waals surface area contributed by atoms with Crippen molar-refractivity contribution in [3.63, 3.8) is 0 Å². The van der Waals surface area contributed by atoms with E-state index in [-0.39, 0.29) is 18.4 Å². The Morgan fingerprint density at radius 2 is 2.23 bits per heavy atom. The van der Waals surface area contributed by atoms with E-state index < -0.39 is 5.91 Å². The van der Waals surface area contributed by atoms with Crippen LogP contribution in [0.5, 0.6) is 0 Å². The standard InChI is InChI=1S/C17H20N6O2S/c1-11-14(23-7-8-26-17(23)20-11)16(25)22-5-2-3-12(9-22)15-19-4-6-21(15)10-13(18)24/h4,6-8,12H,2-3,5,9-10H2,1H3,(H2,18,24)/t12-/m1/s1. The van der Waals surface area contributed by atoms with E-state index in [0.29, 0.717) is 18.8 Å². The maximum Gasteiger partial charge on any atom is 0.272 e. The fraction of sp³-hybridized carbons (Fsp3) is 0.412. The first kappa shape index (κ1) is 16.8. The number of thiazole rings is 1. The molecule has 4 heterocycles. The largest absolute Gasteiger partial charge is 0.368 e. The normalized spacial score (nSPS) is 17.7. The van der Waals surface area contributed by atoms with Crippen LogP contribution in [0.2, 0.25) is 0 Å². The molecule has 0 radical (unpaired) electrons. The maximum atomic E-state index is 13.1. The number of fused-ring (bicyclic) bond motifs is 1. The molecule has 3 aromatic heterocycles. The van der Waals surface area contributed by atoms with Crippen molar-refractivity contribution in [3.8, 4) is 0 Å². The molecule has 4 rings (SSSR count). The summed E-state index contributed by atoms with van der Waals surface area (Å²) in [7, 11) is 0. The third-order valence-corrected chi connectivity index (χ3v) is 5.54. The summed E-state index contributed by atoms with van der Waals surface area (Å²) in [5.41, 5.74) is 6.70. The highest BCUT2D eigenvalue weighted by atomic mass is 32.1. The van der Waals surface area contributed by atoms with Crippen LogP contribution in [0, 0.1) is 6.92 Å². The second-order valence-corrected chi connectivity index (χ2v) is 7.44. The van der Waals surface area contributed by atoms with Gasteiger partial charge in [0.05, 0.1) is 5.69 Å². The fourth-order valence-corrected chi connectivity index (χ4v) is 4.42. The van der Waals surface area contributed by atoms with E-state index in [0.717, 1.165) is 29.3 Å². The quantitative estimate of drug-likeness (QED) is 0.748. The van der Waals surface area contributed by atoms with Crippen molar-refractivity contribution in [1.29, 1.82) is 0 Å². The molecule has 1 saturated heterocycles. The van der Waals surface area contributed by atoms with Gasteiger partial charge in [-0.15, -0.1) is 11.3 Å². The van der Waals surface area contributed by atoms with E-state index in [2.05, 4.69) is 9.97 Å². The zero-order valence-electron chi connectivity index (χ0n) is 14.5. The Bertz CT molecular complexity index is 971. The molecule has 1 aliphatic rings. The zero-order chi connectivity index (χ0) is 18.3. The number of rotatable bonds is 4. The minimum atomic E-state index is -0.400. The molecule has 0 saturated carbocycles. The van der Waals surface area contributed by atoms with Crippen LogP contribution in [0.15, 0.2) is 24.0 Å². The summed E-state index contributed by atoms with van der Waals surface area (Å²) in [6, 6.07) is 0. The molecule has 9 heteroatoms. The first-order valence-electron chi connectivity index (χ1n) is 8.55. The van der Waals surface area contributed by atoms with E-state index in [4.69, 9.17) is 5.73 Å². The molecule has 136 valence electrons. The number of primary amides is 1. The molecule has 26 heavy (non-hydrogen) atoms. The summed E-state index contributed by atoms with van der Waals surface area (Å²) in [5, 5.41) is 1.93. The number of carbonyl (C=O) groups is 2. The summed E-state index contributed by atoms with van der Waals surface area (Å²) in [5.74, 6) is 0.495. The minimum Gasteiger partial charge on any atom is -0.368 e. The van der Waals surface area contributed by atoms with Crippen LogP contribution < -0.4 is 5.73 Å². The van der Waals surface area contributed by atoms with Gasteiger partial charge in [-0.1, -0.05) is 0 Å². The molecule has 1 atom stereocenters. The number of nitrogens with two attached hydrogens (primary N) is 1. The molecule has 2 amide bonds. The van der Waals surface area contributed by atoms with E-state index in [1.807, 2.05) is 27.8 Å². The summed E-state index contributed by atoms with van der Waals surface area (Å²) in [6.45, 7) is 3.26. The van der Waals surface area contributed by atoms with Crippen LogP contribution in [0.4, 0.5) is 0 Å². The van der Waals surface area contributed by atoms with Crippen LogP contribution in [0.3, 0.4) is 0 Å². The van der Waals surface area contributed by atoms with Crippen molar-refractivity contribution in [2.24, 2.45) is 5.73 Å². The SMILES string of the molecule is Cc1nc2sccn2c1C(=O)N1CCC[C@@H](c2nccn2CC(N)=O)C1. The minimum absolute atomic E-state index is 0.00823. The third-order valence-electron chi connectivity index (χ3n) is 4.79. The first-order chi connectivity index (χ1) is 12.5. The molecule has 1 fully saturated rings. The van der Waals surface area contributed by atoms with Gasteiger partial charge in [-0.3, -0.25) is 14.0 Å². The lowest BCUT2D eigenvalue weighted by molar-refractivity contribution is -0.118. The van der Waals surface area contributed by atoms with Crippen LogP contribution >= 0.6 is 11.3 Å². The number of piperidine rings is 1. The van der Waals surface area contributed by atoms with Crippen molar-refractivity contribution in [1.82, 2.24) is 23.8 Å². The van der Waals surface area contributed by atoms with Crippen molar-refractivity contribution in [2.75, 3.05) is 13.1 Å². The molecular formula is C17H20N6O2S. The fourth-order valence-electron chi connectivity index (χ4n) is 3.66. The second kappa shape index (κ2) is 6.56. The van der Waals surface area contributed by atoms with Gasteiger partial charge >= 0.3 is 0 Å². The summed E-state index contributed by atoms with van der Waals surface area (Å²) in [4.78, 5) is 36.0. The molecule has 2 N–H and O–H groups in total. The lowest BCUT2D eigenvalue weighted by atomic mass is 9.96. The van der Waals surface area contributed by atoms with E-state index in [1.54, 1.807) is 17.0 Å². The summed E-state index contributed by atoms with van der Waals surface area (Å²) in [6.07, 6.45) is 7.14. The Balaban J connectivity index is 1.58. The number of likely N-dealkylation sites (tertiary alicyclic amines) is 1. The first-order valence-corrected chi connectivity index (χ1v) is 9.43. The van der Waals surface area contributed by atoms with Gasteiger partial charge in [0.15, 0.2) is 4.96 Å². The second-order valence-electron chi connectivity index (χ2n) is 6.57. The van der Waals surface area contributed by atoms with Gasteiger partial charge in [0.1, 0.15) is 18.1 Å². The highest BCUT2D eigenvalue weighted by molar-refractivity contribution is 7.15. The number of hydrogen-bond donors (Lipinski definition) is 1. The highest BCUT2D eigenvalue weighted by Crippen LogP contribution is 2.28. The van der Waals surface area contributed by atoms with Gasteiger partial charge < -0.3 is 15.2 Å². The summed E-state index contributed by atoms with van der Waals surface area (Å²) >= 11 is 1.52. The van der Waals surface area contributed by atoms with Crippen LogP contribution in [-0.2, 0) is 11.3 Å². The number of carbonyl (C=O) groups excluding carboxylic acids is 2. The molecule has 0 aromatic carbocycles. The molecule has 1 aliphatic heterocycles. The van der Waals surface area contributed by atoms with E-state index in [1.165, 1.54) is 11.3 Å². The molecule has 0 spiro atoms. The third kappa shape index (κ3) is 2.88.